The molecule has 0 bridgehead atoms. The van der Waals surface area contributed by atoms with Crippen LogP contribution < -0.4 is 0 Å². The fourth-order valence-electron chi connectivity index (χ4n) is 2.35. The molecule has 0 saturated carbocycles. The molecule has 132 valence electrons. The highest BCUT2D eigenvalue weighted by molar-refractivity contribution is 8.76. The zero-order valence-electron chi connectivity index (χ0n) is 14.5. The van der Waals surface area contributed by atoms with Crippen molar-refractivity contribution in [1.82, 2.24) is 0 Å². The zero-order chi connectivity index (χ0) is 16.3. The second-order valence-electron chi connectivity index (χ2n) is 5.94. The Balaban J connectivity index is 3.01. The van der Waals surface area contributed by atoms with Crippen molar-refractivity contribution in [2.75, 3.05) is 18.1 Å². The third kappa shape index (κ3) is 18.4. The molecule has 0 aliphatic heterocycles. The highest BCUT2D eigenvalue weighted by Gasteiger charge is 2.00. The minimum Gasteiger partial charge on any atom is -0.396 e. The molecular weight excluding hydrogens is 312 g/mol. The number of aliphatic hydroxyl groups excluding tert-OH is 1. The molecular formula is C18H36O2S2. The number of hydrogen-bond donors (Lipinski definition) is 1. The van der Waals surface area contributed by atoms with Gasteiger partial charge in [0.2, 0.25) is 0 Å². The Bertz CT molecular complexity index is 235. The van der Waals surface area contributed by atoms with Crippen molar-refractivity contribution in [3.8, 4) is 0 Å². The first-order valence-electron chi connectivity index (χ1n) is 9.18. The van der Waals surface area contributed by atoms with E-state index in [1.54, 1.807) is 10.8 Å². The molecule has 0 aliphatic carbocycles. The van der Waals surface area contributed by atoms with Gasteiger partial charge >= 0.3 is 0 Å². The first-order chi connectivity index (χ1) is 10.8. The van der Waals surface area contributed by atoms with Crippen molar-refractivity contribution < 1.29 is 9.90 Å². The van der Waals surface area contributed by atoms with E-state index in [4.69, 9.17) is 5.11 Å². The summed E-state index contributed by atoms with van der Waals surface area (Å²) in [6.45, 7) is 2.27. The standard InChI is InChI=1S/C18H36O2S2/c1-2-3-4-5-6-7-8-9-10-11-12-16-21-22-17-14-18(20)13-15-19/h19H,2-17H2,1H3. The van der Waals surface area contributed by atoms with Crippen LogP contribution in [-0.2, 0) is 4.79 Å². The highest BCUT2D eigenvalue weighted by atomic mass is 33.1. The Morgan fingerprint density at radius 2 is 1.23 bits per heavy atom. The Morgan fingerprint density at radius 3 is 1.77 bits per heavy atom. The van der Waals surface area contributed by atoms with Crippen molar-refractivity contribution in [1.29, 1.82) is 0 Å². The minimum absolute atomic E-state index is 0.00458. The Morgan fingerprint density at radius 1 is 0.727 bits per heavy atom. The van der Waals surface area contributed by atoms with Gasteiger partial charge in [0.25, 0.3) is 0 Å². The van der Waals surface area contributed by atoms with E-state index in [2.05, 4.69) is 6.92 Å². The summed E-state index contributed by atoms with van der Waals surface area (Å²) in [4.78, 5) is 11.2. The predicted molar refractivity (Wildman–Crippen MR) is 103 cm³/mol. The van der Waals surface area contributed by atoms with E-state index in [0.29, 0.717) is 12.8 Å². The van der Waals surface area contributed by atoms with Gasteiger partial charge < -0.3 is 5.11 Å². The average Bonchev–Trinajstić information content (AvgIpc) is 2.51. The molecule has 1 N–H and O–H groups in total. The number of unbranched alkanes of at least 4 members (excludes halogenated alkanes) is 10. The number of carbonyl (C=O) groups excluding carboxylic acids is 1. The lowest BCUT2D eigenvalue weighted by Gasteiger charge is -2.03. The SMILES string of the molecule is CCCCCCCCCCCCCSSCCC(=O)CCO. The topological polar surface area (TPSA) is 37.3 Å². The van der Waals surface area contributed by atoms with E-state index in [1.165, 1.54) is 76.4 Å². The molecule has 0 rings (SSSR count). The average molecular weight is 349 g/mol. The smallest absolute Gasteiger partial charge is 0.136 e. The lowest BCUT2D eigenvalue weighted by Crippen LogP contribution is -2.01. The summed E-state index contributed by atoms with van der Waals surface area (Å²) in [7, 11) is 3.70. The lowest BCUT2D eigenvalue weighted by molar-refractivity contribution is -0.119. The number of Topliss-reactive ketones (excluding diaryl/α,β-unsaturated/α-hetero) is 1. The van der Waals surface area contributed by atoms with Crippen LogP contribution in [0.5, 0.6) is 0 Å². The summed E-state index contributed by atoms with van der Waals surface area (Å²) < 4.78 is 0. The van der Waals surface area contributed by atoms with E-state index >= 15 is 0 Å². The van der Waals surface area contributed by atoms with Gasteiger partial charge in [-0.1, -0.05) is 92.7 Å². The maximum Gasteiger partial charge on any atom is 0.136 e. The van der Waals surface area contributed by atoms with Gasteiger partial charge in [-0.25, -0.2) is 0 Å². The number of hydrogen-bond acceptors (Lipinski definition) is 4. The Hall–Kier alpha value is 0.330. The van der Waals surface area contributed by atoms with E-state index in [-0.39, 0.29) is 12.4 Å². The van der Waals surface area contributed by atoms with Crippen molar-refractivity contribution in [3.05, 3.63) is 0 Å². The van der Waals surface area contributed by atoms with E-state index in [0.717, 1.165) is 5.75 Å². The van der Waals surface area contributed by atoms with E-state index in [9.17, 15) is 4.79 Å². The second-order valence-corrected chi connectivity index (χ2v) is 8.64. The zero-order valence-corrected chi connectivity index (χ0v) is 16.1. The molecule has 0 aliphatic rings. The maximum atomic E-state index is 11.2. The van der Waals surface area contributed by atoms with E-state index < -0.39 is 0 Å². The number of rotatable bonds is 18. The van der Waals surface area contributed by atoms with Crippen molar-refractivity contribution >= 4 is 27.4 Å². The molecule has 0 aromatic carbocycles. The first kappa shape index (κ1) is 22.3. The molecule has 2 nitrogen and oxygen atoms in total. The first-order valence-corrected chi connectivity index (χ1v) is 11.7. The lowest BCUT2D eigenvalue weighted by atomic mass is 10.1. The summed E-state index contributed by atoms with van der Waals surface area (Å²) in [5, 5.41) is 8.63. The fraction of sp³-hybridized carbons (Fsp3) is 0.944. The molecule has 0 heterocycles. The van der Waals surface area contributed by atoms with Gasteiger partial charge in [0.05, 0.1) is 0 Å². The summed E-state index contributed by atoms with van der Waals surface area (Å²) in [5.41, 5.74) is 0. The highest BCUT2D eigenvalue weighted by Crippen LogP contribution is 2.24. The molecule has 0 spiro atoms. The van der Waals surface area contributed by atoms with Crippen LogP contribution in [0.25, 0.3) is 0 Å². The van der Waals surface area contributed by atoms with Crippen LogP contribution in [0.3, 0.4) is 0 Å². The monoisotopic (exact) mass is 348 g/mol. The van der Waals surface area contributed by atoms with Crippen LogP contribution in [0, 0.1) is 0 Å². The molecule has 0 aromatic rings. The van der Waals surface area contributed by atoms with Crippen molar-refractivity contribution in [2.24, 2.45) is 0 Å². The van der Waals surface area contributed by atoms with Gasteiger partial charge in [-0.2, -0.15) is 0 Å². The normalized spacial score (nSPS) is 11.0. The molecule has 0 unspecified atom stereocenters. The minimum atomic E-state index is -0.00458. The number of carbonyl (C=O) groups is 1. The molecule has 0 amide bonds. The van der Waals surface area contributed by atoms with Crippen LogP contribution >= 0.6 is 21.6 Å². The van der Waals surface area contributed by atoms with Gasteiger partial charge in [-0.05, 0) is 6.42 Å². The van der Waals surface area contributed by atoms with Crippen LogP contribution in [-0.4, -0.2) is 29.0 Å². The van der Waals surface area contributed by atoms with Gasteiger partial charge in [-0.3, -0.25) is 4.79 Å². The van der Waals surface area contributed by atoms with Crippen molar-refractivity contribution in [2.45, 2.75) is 90.4 Å². The number of aliphatic hydroxyl groups is 1. The van der Waals surface area contributed by atoms with E-state index in [1.807, 2.05) is 10.8 Å². The maximum absolute atomic E-state index is 11.2. The molecule has 4 heteroatoms. The van der Waals surface area contributed by atoms with Gasteiger partial charge in [-0.15, -0.1) is 0 Å². The van der Waals surface area contributed by atoms with Crippen LogP contribution in [0.2, 0.25) is 0 Å². The summed E-state index contributed by atoms with van der Waals surface area (Å²) in [6.07, 6.45) is 16.3. The molecule has 0 fully saturated rings. The molecule has 0 atom stereocenters. The predicted octanol–water partition coefficient (Wildman–Crippen LogP) is 6.02. The van der Waals surface area contributed by atoms with Crippen LogP contribution in [0.1, 0.15) is 90.4 Å². The Kier molecular flexibility index (Phi) is 19.7. The quantitative estimate of drug-likeness (QED) is 0.243. The van der Waals surface area contributed by atoms with Crippen molar-refractivity contribution in [3.63, 3.8) is 0 Å². The molecule has 0 radical (unpaired) electrons. The van der Waals surface area contributed by atoms with Gasteiger partial charge in [0, 0.05) is 31.0 Å². The summed E-state index contributed by atoms with van der Waals surface area (Å²) >= 11 is 0. The molecule has 0 saturated heterocycles. The van der Waals surface area contributed by atoms with Gasteiger partial charge in [0.15, 0.2) is 0 Å². The number of ketones is 1. The summed E-state index contributed by atoms with van der Waals surface area (Å²) in [6, 6.07) is 0. The Labute approximate surface area is 146 Å². The largest absolute Gasteiger partial charge is 0.396 e. The third-order valence-corrected chi connectivity index (χ3v) is 6.26. The third-order valence-electron chi connectivity index (χ3n) is 3.77. The molecule has 22 heavy (non-hydrogen) atoms. The summed E-state index contributed by atoms with van der Waals surface area (Å²) in [5.74, 6) is 2.28. The fourth-order valence-corrected chi connectivity index (χ4v) is 4.53. The van der Waals surface area contributed by atoms with Gasteiger partial charge in [0.1, 0.15) is 5.78 Å². The van der Waals surface area contributed by atoms with Crippen LogP contribution in [0.4, 0.5) is 0 Å². The van der Waals surface area contributed by atoms with Crippen LogP contribution in [0.15, 0.2) is 0 Å². The molecule has 0 aromatic heterocycles. The second kappa shape index (κ2) is 19.4.